The fourth-order valence-corrected chi connectivity index (χ4v) is 2.58. The Balaban J connectivity index is 2.38. The lowest BCUT2D eigenvalue weighted by Gasteiger charge is -2.09. The third kappa shape index (κ3) is 4.01. The lowest BCUT2D eigenvalue weighted by Crippen LogP contribution is -1.98. The highest BCUT2D eigenvalue weighted by molar-refractivity contribution is 7.71. The molecule has 1 aromatic heterocycles. The van der Waals surface area contributed by atoms with Crippen molar-refractivity contribution in [3.8, 4) is 11.3 Å². The van der Waals surface area contributed by atoms with E-state index in [0.29, 0.717) is 10.6 Å². The number of nitrogens with one attached hydrogen (secondary N) is 1. The quantitative estimate of drug-likeness (QED) is 0.787. The van der Waals surface area contributed by atoms with Gasteiger partial charge in [0.15, 0.2) is 0 Å². The first-order chi connectivity index (χ1) is 9.58. The first-order valence-electron chi connectivity index (χ1n) is 7.28. The molecule has 0 aliphatic rings. The normalized spacial score (nSPS) is 11.0. The molecule has 1 aromatic carbocycles. The lowest BCUT2D eigenvalue weighted by molar-refractivity contribution is 0.647. The van der Waals surface area contributed by atoms with Crippen LogP contribution in [0, 0.1) is 10.6 Å². The van der Waals surface area contributed by atoms with Gasteiger partial charge in [0.1, 0.15) is 10.5 Å². The second kappa shape index (κ2) is 6.80. The Morgan fingerprint density at radius 3 is 2.75 bits per heavy atom. The van der Waals surface area contributed by atoms with E-state index in [1.165, 1.54) is 11.1 Å². The average molecular weight is 286 g/mol. The fourth-order valence-electron chi connectivity index (χ4n) is 2.36. The highest BCUT2D eigenvalue weighted by atomic mass is 32.1. The molecule has 0 aliphatic carbocycles. The predicted octanol–water partition coefficient (Wildman–Crippen LogP) is 4.96. The van der Waals surface area contributed by atoms with Gasteiger partial charge in [-0.25, -0.2) is 4.98 Å². The van der Waals surface area contributed by atoms with Crippen molar-refractivity contribution in [2.24, 2.45) is 5.92 Å². The fraction of sp³-hybridized carbons (Fsp3) is 0.412. The van der Waals surface area contributed by atoms with E-state index in [1.807, 2.05) is 6.07 Å². The molecule has 0 amide bonds. The standard InChI is InChI=1S/C17H22N2S/c1-4-6-16-18-15(11-17(20)19-16)14-8-5-7-13(10-14)9-12(2)3/h5,7-8,10-12H,4,6,9H2,1-3H3,(H,18,19,20). The molecule has 0 saturated heterocycles. The highest BCUT2D eigenvalue weighted by Crippen LogP contribution is 2.20. The monoisotopic (exact) mass is 286 g/mol. The minimum Gasteiger partial charge on any atom is -0.343 e. The van der Waals surface area contributed by atoms with Gasteiger partial charge in [-0.3, -0.25) is 0 Å². The van der Waals surface area contributed by atoms with Crippen LogP contribution >= 0.6 is 12.2 Å². The van der Waals surface area contributed by atoms with E-state index in [4.69, 9.17) is 12.2 Å². The number of nitrogens with zero attached hydrogens (tertiary/aromatic N) is 1. The van der Waals surface area contributed by atoms with Crippen LogP contribution in [0.5, 0.6) is 0 Å². The number of hydrogen-bond acceptors (Lipinski definition) is 2. The summed E-state index contributed by atoms with van der Waals surface area (Å²) in [6.07, 6.45) is 3.10. The molecule has 3 heteroatoms. The lowest BCUT2D eigenvalue weighted by atomic mass is 10.00. The second-order valence-corrected chi connectivity index (χ2v) is 6.05. The van der Waals surface area contributed by atoms with E-state index in [1.54, 1.807) is 0 Å². The molecule has 2 aromatic rings. The zero-order valence-electron chi connectivity index (χ0n) is 12.4. The van der Waals surface area contributed by atoms with Crippen molar-refractivity contribution >= 4 is 12.2 Å². The van der Waals surface area contributed by atoms with Crippen LogP contribution in [0.3, 0.4) is 0 Å². The van der Waals surface area contributed by atoms with E-state index >= 15 is 0 Å². The van der Waals surface area contributed by atoms with Gasteiger partial charge >= 0.3 is 0 Å². The molecular formula is C17H22N2S. The van der Waals surface area contributed by atoms with Gasteiger partial charge in [-0.2, -0.15) is 0 Å². The summed E-state index contributed by atoms with van der Waals surface area (Å²) >= 11 is 5.27. The number of benzene rings is 1. The molecule has 0 bridgehead atoms. The predicted molar refractivity (Wildman–Crippen MR) is 87.4 cm³/mol. The molecule has 0 fully saturated rings. The van der Waals surface area contributed by atoms with Crippen molar-refractivity contribution in [3.63, 3.8) is 0 Å². The Labute approximate surface area is 126 Å². The molecular weight excluding hydrogens is 264 g/mol. The maximum Gasteiger partial charge on any atom is 0.130 e. The van der Waals surface area contributed by atoms with Crippen LogP contribution in [0.1, 0.15) is 38.6 Å². The Morgan fingerprint density at radius 2 is 2.05 bits per heavy atom. The molecule has 0 atom stereocenters. The molecule has 0 aliphatic heterocycles. The first-order valence-corrected chi connectivity index (χ1v) is 7.69. The number of hydrogen-bond donors (Lipinski definition) is 1. The average Bonchev–Trinajstić information content (AvgIpc) is 2.38. The SMILES string of the molecule is CCCc1nc(=S)cc(-c2cccc(CC(C)C)c2)[nH]1. The molecule has 106 valence electrons. The first kappa shape index (κ1) is 14.9. The minimum absolute atomic E-state index is 0.663. The maximum atomic E-state index is 5.27. The van der Waals surface area contributed by atoms with Gasteiger partial charge in [-0.15, -0.1) is 0 Å². The van der Waals surface area contributed by atoms with E-state index in [0.717, 1.165) is 30.8 Å². The number of aromatic amines is 1. The summed E-state index contributed by atoms with van der Waals surface area (Å²) in [7, 11) is 0. The van der Waals surface area contributed by atoms with Gasteiger partial charge in [0.25, 0.3) is 0 Å². The molecule has 20 heavy (non-hydrogen) atoms. The molecule has 2 nitrogen and oxygen atoms in total. The van der Waals surface area contributed by atoms with Gasteiger partial charge in [0.05, 0.1) is 0 Å². The third-order valence-corrected chi connectivity index (χ3v) is 3.37. The third-order valence-electron chi connectivity index (χ3n) is 3.16. The number of H-pyrrole nitrogens is 1. The second-order valence-electron chi connectivity index (χ2n) is 5.63. The summed E-state index contributed by atoms with van der Waals surface area (Å²) < 4.78 is 0.663. The summed E-state index contributed by atoms with van der Waals surface area (Å²) in [5, 5.41) is 0. The molecule has 0 unspecified atom stereocenters. The van der Waals surface area contributed by atoms with Crippen molar-refractivity contribution < 1.29 is 0 Å². The number of aryl methyl sites for hydroxylation is 1. The molecule has 1 N–H and O–H groups in total. The number of aromatic nitrogens is 2. The van der Waals surface area contributed by atoms with E-state index in [2.05, 4.69) is 55.0 Å². The van der Waals surface area contributed by atoms with E-state index in [9.17, 15) is 0 Å². The van der Waals surface area contributed by atoms with Crippen LogP contribution in [0.25, 0.3) is 11.3 Å². The van der Waals surface area contributed by atoms with Crippen LogP contribution in [0.2, 0.25) is 0 Å². The van der Waals surface area contributed by atoms with Crippen LogP contribution in [0.4, 0.5) is 0 Å². The zero-order chi connectivity index (χ0) is 14.5. The molecule has 2 rings (SSSR count). The van der Waals surface area contributed by atoms with Crippen molar-refractivity contribution in [3.05, 3.63) is 46.4 Å². The van der Waals surface area contributed by atoms with Crippen molar-refractivity contribution in [1.82, 2.24) is 9.97 Å². The van der Waals surface area contributed by atoms with Crippen LogP contribution in [-0.2, 0) is 12.8 Å². The summed E-state index contributed by atoms with van der Waals surface area (Å²) in [6, 6.07) is 10.6. The minimum atomic E-state index is 0.663. The topological polar surface area (TPSA) is 28.7 Å². The zero-order valence-corrected chi connectivity index (χ0v) is 13.3. The largest absolute Gasteiger partial charge is 0.343 e. The molecule has 0 spiro atoms. The van der Waals surface area contributed by atoms with Gasteiger partial charge in [-0.05, 0) is 42.0 Å². The van der Waals surface area contributed by atoms with Gasteiger partial charge in [0, 0.05) is 12.1 Å². The Kier molecular flexibility index (Phi) is 5.07. The van der Waals surface area contributed by atoms with Gasteiger partial charge < -0.3 is 4.98 Å². The van der Waals surface area contributed by atoms with E-state index < -0.39 is 0 Å². The maximum absolute atomic E-state index is 5.27. The molecule has 1 heterocycles. The molecule has 0 radical (unpaired) electrons. The van der Waals surface area contributed by atoms with Crippen LogP contribution in [0.15, 0.2) is 30.3 Å². The van der Waals surface area contributed by atoms with Crippen molar-refractivity contribution in [2.75, 3.05) is 0 Å². The van der Waals surface area contributed by atoms with Crippen molar-refractivity contribution in [1.29, 1.82) is 0 Å². The van der Waals surface area contributed by atoms with Gasteiger partial charge in [-0.1, -0.05) is 51.2 Å². The Bertz CT molecular complexity index is 629. The van der Waals surface area contributed by atoms with Gasteiger partial charge in [0.2, 0.25) is 0 Å². The van der Waals surface area contributed by atoms with E-state index in [-0.39, 0.29) is 0 Å². The summed E-state index contributed by atoms with van der Waals surface area (Å²) in [6.45, 7) is 6.63. The summed E-state index contributed by atoms with van der Waals surface area (Å²) in [5.41, 5.74) is 3.62. The highest BCUT2D eigenvalue weighted by Gasteiger charge is 2.04. The van der Waals surface area contributed by atoms with Crippen LogP contribution in [-0.4, -0.2) is 9.97 Å². The number of rotatable bonds is 5. The van der Waals surface area contributed by atoms with Crippen molar-refractivity contribution in [2.45, 2.75) is 40.0 Å². The molecule has 0 saturated carbocycles. The Hall–Kier alpha value is -1.48. The Morgan fingerprint density at radius 1 is 1.25 bits per heavy atom. The van der Waals surface area contributed by atoms with Crippen LogP contribution < -0.4 is 0 Å². The smallest absolute Gasteiger partial charge is 0.130 e. The summed E-state index contributed by atoms with van der Waals surface area (Å²) in [5.74, 6) is 1.64. The summed E-state index contributed by atoms with van der Waals surface area (Å²) in [4.78, 5) is 7.78.